The van der Waals surface area contributed by atoms with Crippen LogP contribution in [-0.2, 0) is 16.1 Å². The molecule has 0 unspecified atom stereocenters. The van der Waals surface area contributed by atoms with Crippen LogP contribution >= 0.6 is 0 Å². The van der Waals surface area contributed by atoms with Crippen LogP contribution in [0.3, 0.4) is 0 Å². The Morgan fingerprint density at radius 3 is 2.60 bits per heavy atom. The highest BCUT2D eigenvalue weighted by atomic mass is 16.5. The van der Waals surface area contributed by atoms with Crippen LogP contribution in [0.15, 0.2) is 73.2 Å². The number of nitrogens with one attached hydrogen (secondary N) is 2. The number of aliphatic hydroxyl groups excluding tert-OH is 1. The molecule has 0 radical (unpaired) electrons. The fourth-order valence-corrected chi connectivity index (χ4v) is 3.27. The summed E-state index contributed by atoms with van der Waals surface area (Å²) in [6, 6.07) is 16.8. The molecular formula is C26H25N5O4. The summed E-state index contributed by atoms with van der Waals surface area (Å²) in [5, 5.41) is 16.0. The molecule has 4 aromatic rings. The maximum absolute atomic E-state index is 11.5. The van der Waals surface area contributed by atoms with Gasteiger partial charge in [0.25, 0.3) is 0 Å². The average Bonchev–Trinajstić information content (AvgIpc) is 2.89. The van der Waals surface area contributed by atoms with Crippen LogP contribution in [0.1, 0.15) is 11.3 Å². The van der Waals surface area contributed by atoms with E-state index in [1.807, 2.05) is 54.6 Å². The van der Waals surface area contributed by atoms with Crippen LogP contribution in [0, 0.1) is 0 Å². The molecule has 0 aliphatic rings. The van der Waals surface area contributed by atoms with Gasteiger partial charge in [0.05, 0.1) is 24.0 Å². The molecule has 0 saturated heterocycles. The van der Waals surface area contributed by atoms with E-state index < -0.39 is 0 Å². The van der Waals surface area contributed by atoms with E-state index in [0.29, 0.717) is 29.6 Å². The van der Waals surface area contributed by atoms with Gasteiger partial charge in [0.1, 0.15) is 30.3 Å². The Morgan fingerprint density at radius 1 is 1.03 bits per heavy atom. The molecule has 0 spiro atoms. The van der Waals surface area contributed by atoms with Crippen LogP contribution in [0.5, 0.6) is 11.5 Å². The summed E-state index contributed by atoms with van der Waals surface area (Å²) < 4.78 is 10.6. The van der Waals surface area contributed by atoms with Crippen molar-refractivity contribution in [3.05, 3.63) is 84.5 Å². The number of hydrogen-bond donors (Lipinski definition) is 3. The van der Waals surface area contributed by atoms with Gasteiger partial charge in [-0.3, -0.25) is 9.78 Å². The van der Waals surface area contributed by atoms with Gasteiger partial charge in [0, 0.05) is 24.7 Å². The Balaban J connectivity index is 1.44. The highest BCUT2D eigenvalue weighted by Crippen LogP contribution is 2.27. The quantitative estimate of drug-likeness (QED) is 0.319. The molecule has 3 N–H and O–H groups in total. The third-order valence-electron chi connectivity index (χ3n) is 4.97. The number of fused-ring (bicyclic) bond motifs is 1. The highest BCUT2D eigenvalue weighted by Gasteiger charge is 2.06. The van der Waals surface area contributed by atoms with Gasteiger partial charge < -0.3 is 25.2 Å². The fraction of sp³-hybridized carbons (Fsp3) is 0.154. The van der Waals surface area contributed by atoms with Crippen molar-refractivity contribution >= 4 is 34.4 Å². The minimum Gasteiger partial charge on any atom is -0.456 e. The van der Waals surface area contributed by atoms with Gasteiger partial charge in [0.15, 0.2) is 0 Å². The number of hydrogen-bond acceptors (Lipinski definition) is 8. The minimum absolute atomic E-state index is 0.0399. The normalized spacial score (nSPS) is 11.0. The molecule has 1 amide bonds. The molecular weight excluding hydrogens is 446 g/mol. The number of anilines is 2. The van der Waals surface area contributed by atoms with Crippen molar-refractivity contribution in [2.45, 2.75) is 6.61 Å². The van der Waals surface area contributed by atoms with E-state index in [2.05, 4.69) is 25.6 Å². The Labute approximate surface area is 202 Å². The molecule has 0 aliphatic heterocycles. The first-order valence-corrected chi connectivity index (χ1v) is 10.9. The lowest BCUT2D eigenvalue weighted by atomic mass is 10.1. The maximum atomic E-state index is 11.5. The lowest BCUT2D eigenvalue weighted by molar-refractivity contribution is -0.124. The number of carbonyl (C=O) groups is 1. The van der Waals surface area contributed by atoms with Crippen molar-refractivity contribution in [3.63, 3.8) is 0 Å². The summed E-state index contributed by atoms with van der Waals surface area (Å²) >= 11 is 0. The lowest BCUT2D eigenvalue weighted by Crippen LogP contribution is -2.26. The predicted octanol–water partition coefficient (Wildman–Crippen LogP) is 3.83. The van der Waals surface area contributed by atoms with Crippen molar-refractivity contribution in [2.24, 2.45) is 0 Å². The van der Waals surface area contributed by atoms with Crippen molar-refractivity contribution in [3.8, 4) is 11.5 Å². The highest BCUT2D eigenvalue weighted by molar-refractivity contribution is 5.92. The van der Waals surface area contributed by atoms with E-state index in [1.54, 1.807) is 18.3 Å². The van der Waals surface area contributed by atoms with Gasteiger partial charge in [-0.2, -0.15) is 0 Å². The molecule has 2 heterocycles. The molecule has 0 bridgehead atoms. The second kappa shape index (κ2) is 11.7. The van der Waals surface area contributed by atoms with Gasteiger partial charge in [-0.25, -0.2) is 9.97 Å². The van der Waals surface area contributed by atoms with Crippen molar-refractivity contribution < 1.29 is 19.4 Å². The van der Waals surface area contributed by atoms with Crippen molar-refractivity contribution in [1.29, 1.82) is 0 Å². The number of aliphatic hydroxyl groups is 1. The number of rotatable bonds is 10. The zero-order valence-electron chi connectivity index (χ0n) is 19.1. The summed E-state index contributed by atoms with van der Waals surface area (Å²) in [5.74, 6) is 1.76. The number of nitrogens with zero attached hydrogens (tertiary/aromatic N) is 3. The number of amides is 1. The average molecular weight is 472 g/mol. The summed E-state index contributed by atoms with van der Waals surface area (Å²) in [4.78, 5) is 24.3. The number of aromatic nitrogens is 3. The van der Waals surface area contributed by atoms with Crippen molar-refractivity contribution in [1.82, 2.24) is 20.3 Å². The van der Waals surface area contributed by atoms with E-state index in [4.69, 9.17) is 14.6 Å². The first-order valence-electron chi connectivity index (χ1n) is 10.9. The summed E-state index contributed by atoms with van der Waals surface area (Å²) in [6.07, 6.45) is 6.89. The van der Waals surface area contributed by atoms with Gasteiger partial charge in [-0.15, -0.1) is 0 Å². The lowest BCUT2D eigenvalue weighted by Gasteiger charge is -2.10. The summed E-state index contributed by atoms with van der Waals surface area (Å²) in [5.41, 5.74) is 3.20. The van der Waals surface area contributed by atoms with Crippen molar-refractivity contribution in [2.75, 3.05) is 25.6 Å². The monoisotopic (exact) mass is 471 g/mol. The third-order valence-corrected chi connectivity index (χ3v) is 4.97. The molecule has 2 aromatic carbocycles. The van der Waals surface area contributed by atoms with E-state index >= 15 is 0 Å². The first kappa shape index (κ1) is 23.8. The molecule has 9 heteroatoms. The molecule has 2 aromatic heterocycles. The molecule has 0 fully saturated rings. The number of methoxy groups -OCH3 is 1. The summed E-state index contributed by atoms with van der Waals surface area (Å²) in [6.45, 7) is 0.341. The van der Waals surface area contributed by atoms with Crippen LogP contribution in [-0.4, -0.2) is 46.2 Å². The van der Waals surface area contributed by atoms with Crippen LogP contribution < -0.4 is 15.4 Å². The topological polar surface area (TPSA) is 118 Å². The van der Waals surface area contributed by atoms with Crippen LogP contribution in [0.4, 0.5) is 11.5 Å². The molecule has 4 rings (SSSR count). The number of ether oxygens (including phenoxy) is 2. The standard InChI is InChI=1S/C26H25N5O4/c1-34-16-25(33)27-12-2-3-18-4-11-24-23(13-18)26(30-17-29-24)31-19-5-8-21(9-6-19)35-22-10-7-20(15-32)28-14-22/h2-11,13-14,17,32H,12,15-16H2,1H3,(H,27,33)(H,29,30,31). The molecule has 0 atom stereocenters. The van der Waals surface area contributed by atoms with E-state index in [0.717, 1.165) is 22.2 Å². The fourth-order valence-electron chi connectivity index (χ4n) is 3.27. The molecule has 0 aliphatic carbocycles. The zero-order chi connectivity index (χ0) is 24.5. The molecule has 0 saturated carbocycles. The molecule has 178 valence electrons. The largest absolute Gasteiger partial charge is 0.456 e. The van der Waals surface area contributed by atoms with Gasteiger partial charge in [0.2, 0.25) is 5.91 Å². The number of pyridine rings is 1. The van der Waals surface area contributed by atoms with E-state index in [9.17, 15) is 4.79 Å². The molecule has 35 heavy (non-hydrogen) atoms. The smallest absolute Gasteiger partial charge is 0.246 e. The zero-order valence-corrected chi connectivity index (χ0v) is 19.1. The first-order chi connectivity index (χ1) is 17.1. The van der Waals surface area contributed by atoms with Crippen LogP contribution in [0.25, 0.3) is 17.0 Å². The van der Waals surface area contributed by atoms with E-state index in [1.165, 1.54) is 13.4 Å². The number of carbonyl (C=O) groups excluding carboxylic acids is 1. The Hall–Kier alpha value is -4.34. The molecule has 9 nitrogen and oxygen atoms in total. The van der Waals surface area contributed by atoms with Gasteiger partial charge in [-0.1, -0.05) is 18.2 Å². The summed E-state index contributed by atoms with van der Waals surface area (Å²) in [7, 11) is 1.48. The second-order valence-corrected chi connectivity index (χ2v) is 7.53. The Kier molecular flexibility index (Phi) is 7.95. The van der Waals surface area contributed by atoms with Gasteiger partial charge >= 0.3 is 0 Å². The van der Waals surface area contributed by atoms with E-state index in [-0.39, 0.29) is 19.1 Å². The van der Waals surface area contributed by atoms with Crippen LogP contribution in [0.2, 0.25) is 0 Å². The maximum Gasteiger partial charge on any atom is 0.246 e. The Bertz CT molecular complexity index is 1310. The minimum atomic E-state index is -0.164. The second-order valence-electron chi connectivity index (χ2n) is 7.53. The Morgan fingerprint density at radius 2 is 1.86 bits per heavy atom. The SMILES string of the molecule is COCC(=O)NCC=Cc1ccc2ncnc(Nc3ccc(Oc4ccc(CO)nc4)cc3)c2c1. The number of benzene rings is 2. The van der Waals surface area contributed by atoms with Gasteiger partial charge in [-0.05, 0) is 54.1 Å². The third kappa shape index (κ3) is 6.59. The predicted molar refractivity (Wildman–Crippen MR) is 133 cm³/mol.